The molecule has 1 unspecified atom stereocenters. The van der Waals surface area contributed by atoms with Crippen molar-refractivity contribution < 1.29 is 13.2 Å². The number of halogens is 3. The van der Waals surface area contributed by atoms with Gasteiger partial charge >= 0.3 is 6.18 Å². The summed E-state index contributed by atoms with van der Waals surface area (Å²) in [5, 5.41) is 3.40. The number of benzene rings is 2. The summed E-state index contributed by atoms with van der Waals surface area (Å²) in [6, 6.07) is 11.6. The van der Waals surface area contributed by atoms with Gasteiger partial charge in [0, 0.05) is 6.54 Å². The van der Waals surface area contributed by atoms with Gasteiger partial charge in [-0.1, -0.05) is 37.3 Å². The van der Waals surface area contributed by atoms with E-state index in [4.69, 9.17) is 0 Å². The lowest BCUT2D eigenvalue weighted by Gasteiger charge is -2.14. The molecule has 1 N–H and O–H groups in total. The van der Waals surface area contributed by atoms with Crippen LogP contribution in [0.15, 0.2) is 42.5 Å². The molecule has 3 rings (SSSR count). The second-order valence-corrected chi connectivity index (χ2v) is 5.84. The van der Waals surface area contributed by atoms with Crippen molar-refractivity contribution in [1.82, 2.24) is 5.32 Å². The second kappa shape index (κ2) is 5.76. The smallest absolute Gasteiger partial charge is 0.316 e. The van der Waals surface area contributed by atoms with Gasteiger partial charge in [0.2, 0.25) is 0 Å². The SMILES string of the molecule is CC1CNCCc2cc(-c3ccc(C(F)(F)F)cc3)ccc21. The van der Waals surface area contributed by atoms with Crippen LogP contribution in [0.4, 0.5) is 13.2 Å². The third-order valence-electron chi connectivity index (χ3n) is 4.24. The molecule has 0 aliphatic carbocycles. The first-order valence-electron chi connectivity index (χ1n) is 7.46. The molecular formula is C18H18F3N. The summed E-state index contributed by atoms with van der Waals surface area (Å²) in [5.74, 6) is 0.458. The Bertz CT molecular complexity index is 659. The van der Waals surface area contributed by atoms with E-state index in [2.05, 4.69) is 24.4 Å². The number of rotatable bonds is 1. The Balaban J connectivity index is 1.94. The fraction of sp³-hybridized carbons (Fsp3) is 0.333. The van der Waals surface area contributed by atoms with Gasteiger partial charge in [-0.3, -0.25) is 0 Å². The van der Waals surface area contributed by atoms with Crippen molar-refractivity contribution in [3.05, 3.63) is 59.2 Å². The zero-order chi connectivity index (χ0) is 15.7. The number of hydrogen-bond donors (Lipinski definition) is 1. The minimum Gasteiger partial charge on any atom is -0.316 e. The average Bonchev–Trinajstić information content (AvgIpc) is 2.68. The number of alkyl halides is 3. The molecule has 0 spiro atoms. The van der Waals surface area contributed by atoms with Gasteiger partial charge in [-0.15, -0.1) is 0 Å². The summed E-state index contributed by atoms with van der Waals surface area (Å²) in [5.41, 5.74) is 3.81. The molecule has 1 atom stereocenters. The zero-order valence-electron chi connectivity index (χ0n) is 12.4. The van der Waals surface area contributed by atoms with Crippen LogP contribution in [-0.2, 0) is 12.6 Å². The van der Waals surface area contributed by atoms with Gasteiger partial charge in [0.15, 0.2) is 0 Å². The van der Waals surface area contributed by atoms with E-state index in [1.165, 1.54) is 11.1 Å². The van der Waals surface area contributed by atoms with Crippen LogP contribution in [0.1, 0.15) is 29.5 Å². The van der Waals surface area contributed by atoms with E-state index < -0.39 is 11.7 Å². The maximum Gasteiger partial charge on any atom is 0.416 e. The lowest BCUT2D eigenvalue weighted by atomic mass is 9.91. The molecule has 0 saturated carbocycles. The number of hydrogen-bond acceptors (Lipinski definition) is 1. The average molecular weight is 305 g/mol. The minimum atomic E-state index is -4.28. The maximum atomic E-state index is 12.6. The van der Waals surface area contributed by atoms with Crippen LogP contribution >= 0.6 is 0 Å². The summed E-state index contributed by atoms with van der Waals surface area (Å²) >= 11 is 0. The molecule has 0 fully saturated rings. The van der Waals surface area contributed by atoms with Crippen molar-refractivity contribution in [3.8, 4) is 11.1 Å². The van der Waals surface area contributed by atoms with Crippen molar-refractivity contribution in [1.29, 1.82) is 0 Å². The highest BCUT2D eigenvalue weighted by Gasteiger charge is 2.30. The van der Waals surface area contributed by atoms with Gasteiger partial charge in [0.25, 0.3) is 0 Å². The van der Waals surface area contributed by atoms with Gasteiger partial charge in [0.05, 0.1) is 5.56 Å². The third kappa shape index (κ3) is 3.02. The van der Waals surface area contributed by atoms with Crippen molar-refractivity contribution in [2.45, 2.75) is 25.4 Å². The molecule has 0 aromatic heterocycles. The molecule has 116 valence electrons. The first kappa shape index (κ1) is 15.1. The first-order chi connectivity index (χ1) is 10.4. The van der Waals surface area contributed by atoms with Crippen molar-refractivity contribution in [3.63, 3.8) is 0 Å². The highest BCUT2D eigenvalue weighted by atomic mass is 19.4. The standard InChI is InChI=1S/C18H18F3N/c1-12-11-22-9-8-15-10-14(4-7-17(12)15)13-2-5-16(6-3-13)18(19,20)21/h2-7,10,12,22H,8-9,11H2,1H3. The van der Waals surface area contributed by atoms with Gasteiger partial charge in [-0.2, -0.15) is 13.2 Å². The Morgan fingerprint density at radius 2 is 1.68 bits per heavy atom. The highest BCUT2D eigenvalue weighted by molar-refractivity contribution is 5.65. The highest BCUT2D eigenvalue weighted by Crippen LogP contribution is 2.32. The van der Waals surface area contributed by atoms with E-state index in [1.54, 1.807) is 12.1 Å². The van der Waals surface area contributed by atoms with Crippen LogP contribution in [0.2, 0.25) is 0 Å². The predicted molar refractivity (Wildman–Crippen MR) is 81.9 cm³/mol. The van der Waals surface area contributed by atoms with Crippen LogP contribution in [0, 0.1) is 0 Å². The fourth-order valence-corrected chi connectivity index (χ4v) is 2.99. The molecule has 22 heavy (non-hydrogen) atoms. The summed E-state index contributed by atoms with van der Waals surface area (Å²) in [7, 11) is 0. The topological polar surface area (TPSA) is 12.0 Å². The quantitative estimate of drug-likeness (QED) is 0.810. The largest absolute Gasteiger partial charge is 0.416 e. The monoisotopic (exact) mass is 305 g/mol. The zero-order valence-corrected chi connectivity index (χ0v) is 12.4. The normalized spacial score (nSPS) is 18.6. The maximum absolute atomic E-state index is 12.6. The minimum absolute atomic E-state index is 0.458. The summed E-state index contributed by atoms with van der Waals surface area (Å²) in [4.78, 5) is 0. The first-order valence-corrected chi connectivity index (χ1v) is 7.46. The molecule has 2 aromatic carbocycles. The van der Waals surface area contributed by atoms with Crippen molar-refractivity contribution in [2.75, 3.05) is 13.1 Å². The molecule has 4 heteroatoms. The molecule has 2 aromatic rings. The number of fused-ring (bicyclic) bond motifs is 1. The van der Waals surface area contributed by atoms with Gasteiger partial charge in [-0.05, 0) is 53.3 Å². The number of nitrogens with one attached hydrogen (secondary N) is 1. The Morgan fingerprint density at radius 3 is 2.36 bits per heavy atom. The molecule has 0 radical (unpaired) electrons. The molecule has 1 aliphatic rings. The van der Waals surface area contributed by atoms with Crippen LogP contribution in [-0.4, -0.2) is 13.1 Å². The molecule has 1 heterocycles. The molecule has 1 aliphatic heterocycles. The van der Waals surface area contributed by atoms with Crippen molar-refractivity contribution in [2.24, 2.45) is 0 Å². The van der Waals surface area contributed by atoms with E-state index in [-0.39, 0.29) is 0 Å². The van der Waals surface area contributed by atoms with Gasteiger partial charge < -0.3 is 5.32 Å². The van der Waals surface area contributed by atoms with E-state index >= 15 is 0 Å². The van der Waals surface area contributed by atoms with Crippen molar-refractivity contribution >= 4 is 0 Å². The molecular weight excluding hydrogens is 287 g/mol. The van der Waals surface area contributed by atoms with Gasteiger partial charge in [-0.25, -0.2) is 0 Å². The third-order valence-corrected chi connectivity index (χ3v) is 4.24. The Kier molecular flexibility index (Phi) is 3.96. The molecule has 0 bridgehead atoms. The van der Waals surface area contributed by atoms with Crippen LogP contribution in [0.3, 0.4) is 0 Å². The predicted octanol–water partition coefficient (Wildman–Crippen LogP) is 4.62. The van der Waals surface area contributed by atoms with Gasteiger partial charge in [0.1, 0.15) is 0 Å². The summed E-state index contributed by atoms with van der Waals surface area (Å²) < 4.78 is 37.9. The molecule has 0 amide bonds. The van der Waals surface area contributed by atoms with Crippen LogP contribution in [0.5, 0.6) is 0 Å². The second-order valence-electron chi connectivity index (χ2n) is 5.84. The van der Waals surface area contributed by atoms with E-state index in [9.17, 15) is 13.2 Å². The van der Waals surface area contributed by atoms with E-state index in [0.717, 1.165) is 42.8 Å². The van der Waals surface area contributed by atoms with E-state index in [1.807, 2.05) is 6.07 Å². The fourth-order valence-electron chi connectivity index (χ4n) is 2.99. The molecule has 0 saturated heterocycles. The lowest BCUT2D eigenvalue weighted by molar-refractivity contribution is -0.137. The Morgan fingerprint density at radius 1 is 1.00 bits per heavy atom. The lowest BCUT2D eigenvalue weighted by Crippen LogP contribution is -2.18. The Hall–Kier alpha value is -1.81. The van der Waals surface area contributed by atoms with E-state index in [0.29, 0.717) is 5.92 Å². The van der Waals surface area contributed by atoms with Crippen LogP contribution < -0.4 is 5.32 Å². The summed E-state index contributed by atoms with van der Waals surface area (Å²) in [6.07, 6.45) is -3.33. The Labute approximate surface area is 128 Å². The van der Waals surface area contributed by atoms with Crippen LogP contribution in [0.25, 0.3) is 11.1 Å². The molecule has 1 nitrogen and oxygen atoms in total. The summed E-state index contributed by atoms with van der Waals surface area (Å²) in [6.45, 7) is 4.09.